The monoisotopic (exact) mass is 342 g/mol. The van der Waals surface area contributed by atoms with E-state index in [1.807, 2.05) is 0 Å². The molecule has 0 N–H and O–H groups in total. The first-order valence-electron chi connectivity index (χ1n) is 8.61. The van der Waals surface area contributed by atoms with E-state index in [4.69, 9.17) is 4.18 Å². The molecule has 0 aliphatic carbocycles. The standard InChI is InChI=1S/C18H30O3S.CH4/c1-2-3-4-5-6-7-8-9-10-14-17-21-22(19,20)18-15-12-11-13-16-18;/h11-13,15-16H,2-10,14,17H2,1H3;1H4. The molecule has 0 bridgehead atoms. The van der Waals surface area contributed by atoms with Crippen molar-refractivity contribution in [2.75, 3.05) is 6.61 Å². The maximum atomic E-state index is 11.9. The van der Waals surface area contributed by atoms with Crippen molar-refractivity contribution < 1.29 is 12.6 Å². The molecule has 23 heavy (non-hydrogen) atoms. The first-order valence-corrected chi connectivity index (χ1v) is 10.0. The van der Waals surface area contributed by atoms with Crippen LogP contribution in [0.3, 0.4) is 0 Å². The van der Waals surface area contributed by atoms with Crippen LogP contribution in [0.15, 0.2) is 35.2 Å². The third kappa shape index (κ3) is 10.5. The van der Waals surface area contributed by atoms with E-state index in [0.717, 1.165) is 12.8 Å². The topological polar surface area (TPSA) is 43.4 Å². The normalized spacial score (nSPS) is 11.2. The lowest BCUT2D eigenvalue weighted by Crippen LogP contribution is -2.07. The van der Waals surface area contributed by atoms with Crippen molar-refractivity contribution in [3.63, 3.8) is 0 Å². The highest BCUT2D eigenvalue weighted by atomic mass is 32.2. The average molecular weight is 343 g/mol. The van der Waals surface area contributed by atoms with Gasteiger partial charge in [0.1, 0.15) is 0 Å². The molecular formula is C19H34O3S. The molecule has 134 valence electrons. The SMILES string of the molecule is C.CCCCCCCCCCCCOS(=O)(=O)c1ccccc1. The predicted octanol–water partition coefficient (Wildman–Crippen LogP) is 5.95. The second kappa shape index (κ2) is 13.6. The Morgan fingerprint density at radius 1 is 0.783 bits per heavy atom. The molecule has 0 amide bonds. The van der Waals surface area contributed by atoms with E-state index in [1.54, 1.807) is 30.3 Å². The van der Waals surface area contributed by atoms with Crippen LogP contribution in [0.25, 0.3) is 0 Å². The van der Waals surface area contributed by atoms with Gasteiger partial charge in [-0.3, -0.25) is 4.18 Å². The molecule has 1 rings (SSSR count). The largest absolute Gasteiger partial charge is 0.296 e. The van der Waals surface area contributed by atoms with Crippen LogP contribution in [-0.2, 0) is 14.3 Å². The molecule has 0 saturated carbocycles. The van der Waals surface area contributed by atoms with Gasteiger partial charge in [0.2, 0.25) is 0 Å². The van der Waals surface area contributed by atoms with Crippen LogP contribution in [0.1, 0.15) is 78.6 Å². The predicted molar refractivity (Wildman–Crippen MR) is 98.2 cm³/mol. The Kier molecular flexibility index (Phi) is 13.0. The van der Waals surface area contributed by atoms with Gasteiger partial charge in [-0.15, -0.1) is 0 Å². The summed E-state index contributed by atoms with van der Waals surface area (Å²) >= 11 is 0. The van der Waals surface area contributed by atoms with E-state index in [0.29, 0.717) is 0 Å². The second-order valence-electron chi connectivity index (χ2n) is 5.77. The van der Waals surface area contributed by atoms with Gasteiger partial charge in [0.15, 0.2) is 0 Å². The summed E-state index contributed by atoms with van der Waals surface area (Å²) in [6, 6.07) is 8.33. The van der Waals surface area contributed by atoms with Gasteiger partial charge in [-0.2, -0.15) is 8.42 Å². The van der Waals surface area contributed by atoms with Crippen LogP contribution < -0.4 is 0 Å². The molecule has 3 nitrogen and oxygen atoms in total. The van der Waals surface area contributed by atoms with Gasteiger partial charge < -0.3 is 0 Å². The molecule has 0 atom stereocenters. The maximum absolute atomic E-state index is 11.9. The highest BCUT2D eigenvalue weighted by Crippen LogP contribution is 2.13. The van der Waals surface area contributed by atoms with Gasteiger partial charge >= 0.3 is 0 Å². The molecule has 0 spiro atoms. The van der Waals surface area contributed by atoms with Gasteiger partial charge in [0.05, 0.1) is 11.5 Å². The molecule has 0 aliphatic heterocycles. The molecule has 1 aromatic carbocycles. The molecule has 4 heteroatoms. The fourth-order valence-corrected chi connectivity index (χ4v) is 3.38. The van der Waals surface area contributed by atoms with Gasteiger partial charge in [0, 0.05) is 0 Å². The Bertz CT molecular complexity index is 469. The van der Waals surface area contributed by atoms with E-state index in [9.17, 15) is 8.42 Å². The Labute approximate surface area is 143 Å². The van der Waals surface area contributed by atoms with Crippen molar-refractivity contribution in [3.05, 3.63) is 30.3 Å². The summed E-state index contributed by atoms with van der Waals surface area (Å²) < 4.78 is 28.8. The molecule has 0 aliphatic rings. The number of unbranched alkanes of at least 4 members (excludes halogenated alkanes) is 9. The number of rotatable bonds is 13. The lowest BCUT2D eigenvalue weighted by molar-refractivity contribution is 0.306. The van der Waals surface area contributed by atoms with Gasteiger partial charge in [-0.25, -0.2) is 0 Å². The zero-order valence-electron chi connectivity index (χ0n) is 13.8. The summed E-state index contributed by atoms with van der Waals surface area (Å²) in [7, 11) is -3.57. The van der Waals surface area contributed by atoms with Crippen molar-refractivity contribution in [1.82, 2.24) is 0 Å². The summed E-state index contributed by atoms with van der Waals surface area (Å²) in [5.41, 5.74) is 0. The van der Waals surface area contributed by atoms with Crippen molar-refractivity contribution in [3.8, 4) is 0 Å². The molecule has 0 saturated heterocycles. The van der Waals surface area contributed by atoms with Crippen LogP contribution >= 0.6 is 0 Å². The molecular weight excluding hydrogens is 308 g/mol. The van der Waals surface area contributed by atoms with Gasteiger partial charge in [-0.05, 0) is 18.6 Å². The summed E-state index contributed by atoms with van der Waals surface area (Å²) in [4.78, 5) is 0.238. The zero-order valence-corrected chi connectivity index (χ0v) is 14.6. The van der Waals surface area contributed by atoms with E-state index < -0.39 is 10.1 Å². The summed E-state index contributed by atoms with van der Waals surface area (Å²) in [6.07, 6.45) is 12.3. The van der Waals surface area contributed by atoms with E-state index in [2.05, 4.69) is 6.92 Å². The molecule has 0 fully saturated rings. The third-order valence-corrected chi connectivity index (χ3v) is 5.09. The van der Waals surface area contributed by atoms with Crippen LogP contribution in [0.5, 0.6) is 0 Å². The molecule has 0 radical (unpaired) electrons. The highest BCUT2D eigenvalue weighted by Gasteiger charge is 2.13. The fourth-order valence-electron chi connectivity index (χ4n) is 2.41. The molecule has 0 aromatic heterocycles. The Morgan fingerprint density at radius 3 is 1.78 bits per heavy atom. The van der Waals surface area contributed by atoms with E-state index in [-0.39, 0.29) is 18.9 Å². The highest BCUT2D eigenvalue weighted by molar-refractivity contribution is 7.86. The summed E-state index contributed by atoms with van der Waals surface area (Å²) in [5, 5.41) is 0. The smallest absolute Gasteiger partial charge is 0.266 e. The second-order valence-corrected chi connectivity index (χ2v) is 7.39. The minimum atomic E-state index is -3.57. The van der Waals surface area contributed by atoms with E-state index in [1.165, 1.54) is 51.4 Å². The zero-order chi connectivity index (χ0) is 16.1. The quantitative estimate of drug-likeness (QED) is 0.329. The van der Waals surface area contributed by atoms with Crippen molar-refractivity contribution in [2.45, 2.75) is 83.5 Å². The van der Waals surface area contributed by atoms with Crippen molar-refractivity contribution in [1.29, 1.82) is 0 Å². The Hall–Kier alpha value is -0.870. The van der Waals surface area contributed by atoms with E-state index >= 15 is 0 Å². The molecule has 0 heterocycles. The first kappa shape index (κ1) is 22.1. The third-order valence-electron chi connectivity index (χ3n) is 3.77. The first-order chi connectivity index (χ1) is 10.7. The summed E-state index contributed by atoms with van der Waals surface area (Å²) in [5.74, 6) is 0. The van der Waals surface area contributed by atoms with Crippen LogP contribution in [0.4, 0.5) is 0 Å². The summed E-state index contributed by atoms with van der Waals surface area (Å²) in [6.45, 7) is 2.52. The van der Waals surface area contributed by atoms with Crippen LogP contribution in [0.2, 0.25) is 0 Å². The van der Waals surface area contributed by atoms with Gasteiger partial charge in [-0.1, -0.05) is 90.3 Å². The number of benzene rings is 1. The number of hydrogen-bond donors (Lipinski definition) is 0. The van der Waals surface area contributed by atoms with Crippen molar-refractivity contribution in [2.24, 2.45) is 0 Å². The minimum absolute atomic E-state index is 0. The van der Waals surface area contributed by atoms with Crippen molar-refractivity contribution >= 4 is 10.1 Å². The fraction of sp³-hybridized carbons (Fsp3) is 0.684. The van der Waals surface area contributed by atoms with Gasteiger partial charge in [0.25, 0.3) is 10.1 Å². The Morgan fingerprint density at radius 2 is 1.26 bits per heavy atom. The minimum Gasteiger partial charge on any atom is -0.266 e. The lowest BCUT2D eigenvalue weighted by atomic mass is 10.1. The lowest BCUT2D eigenvalue weighted by Gasteiger charge is -2.05. The molecule has 0 unspecified atom stereocenters. The Balaban J connectivity index is 0.00000484. The molecule has 1 aromatic rings. The van der Waals surface area contributed by atoms with Crippen LogP contribution in [-0.4, -0.2) is 15.0 Å². The number of hydrogen-bond acceptors (Lipinski definition) is 3. The average Bonchev–Trinajstić information content (AvgIpc) is 2.53. The van der Waals surface area contributed by atoms with Crippen LogP contribution in [0, 0.1) is 0 Å². The maximum Gasteiger partial charge on any atom is 0.296 e.